The lowest BCUT2D eigenvalue weighted by atomic mass is 10.1. The van der Waals surface area contributed by atoms with E-state index in [1.807, 2.05) is 44.2 Å². The molecule has 1 aliphatic rings. The number of rotatable bonds is 7. The number of benzene rings is 2. The van der Waals surface area contributed by atoms with Crippen molar-refractivity contribution in [1.29, 1.82) is 0 Å². The molecule has 0 bridgehead atoms. The second-order valence-corrected chi connectivity index (χ2v) is 8.30. The molecule has 0 spiro atoms. The Hall–Kier alpha value is -2.57. The fourth-order valence-electron chi connectivity index (χ4n) is 4.18. The van der Waals surface area contributed by atoms with Gasteiger partial charge in [-0.25, -0.2) is 0 Å². The summed E-state index contributed by atoms with van der Waals surface area (Å²) < 4.78 is 10.9. The van der Waals surface area contributed by atoms with Crippen molar-refractivity contribution in [2.24, 2.45) is 0 Å². The van der Waals surface area contributed by atoms with Crippen LogP contribution in [0, 0.1) is 13.8 Å². The Morgan fingerprint density at radius 1 is 1.03 bits per heavy atom. The summed E-state index contributed by atoms with van der Waals surface area (Å²) in [6.07, 6.45) is 0. The van der Waals surface area contributed by atoms with E-state index in [1.54, 1.807) is 19.1 Å². The van der Waals surface area contributed by atoms with E-state index < -0.39 is 0 Å². The molecular formula is C24H35N3O3+2. The highest BCUT2D eigenvalue weighted by atomic mass is 16.5. The van der Waals surface area contributed by atoms with Crippen LogP contribution in [-0.4, -0.2) is 52.3 Å². The maximum Gasteiger partial charge on any atom is 0.282 e. The maximum atomic E-state index is 12.7. The van der Waals surface area contributed by atoms with Gasteiger partial charge in [-0.2, -0.15) is 0 Å². The van der Waals surface area contributed by atoms with Crippen molar-refractivity contribution in [3.63, 3.8) is 0 Å². The van der Waals surface area contributed by atoms with E-state index in [0.717, 1.165) is 55.5 Å². The van der Waals surface area contributed by atoms with Crippen LogP contribution < -0.4 is 24.6 Å². The van der Waals surface area contributed by atoms with Gasteiger partial charge in [-0.15, -0.1) is 0 Å². The Balaban J connectivity index is 1.55. The third kappa shape index (κ3) is 5.32. The number of anilines is 1. The zero-order chi connectivity index (χ0) is 21.7. The van der Waals surface area contributed by atoms with Crippen molar-refractivity contribution in [3.05, 3.63) is 53.1 Å². The molecule has 0 aromatic heterocycles. The van der Waals surface area contributed by atoms with Gasteiger partial charge < -0.3 is 24.6 Å². The third-order valence-electron chi connectivity index (χ3n) is 6.17. The predicted octanol–water partition coefficient (Wildman–Crippen LogP) is 0.631. The molecule has 6 nitrogen and oxygen atoms in total. The number of aryl methyl sites for hydroxylation is 2. The molecule has 0 unspecified atom stereocenters. The molecule has 2 aromatic rings. The van der Waals surface area contributed by atoms with Crippen LogP contribution in [0.1, 0.15) is 23.6 Å². The van der Waals surface area contributed by atoms with Crippen molar-refractivity contribution >= 4 is 11.6 Å². The zero-order valence-electron chi connectivity index (χ0n) is 18.8. The molecule has 0 aliphatic carbocycles. The standard InChI is InChI=1S/C24H33N3O3/c1-17-7-6-8-21(13-17)25-24(28)19(3)27-11-9-26(10-12-27)16-20-15-23(30-5)22(29-4)14-18(20)2/h6-8,13-15,19H,9-12,16H2,1-5H3,(H,25,28)/p+2/t19-/m1/s1. The Morgan fingerprint density at radius 2 is 1.70 bits per heavy atom. The van der Waals surface area contributed by atoms with Gasteiger partial charge in [0, 0.05) is 11.3 Å². The molecule has 2 aromatic carbocycles. The monoisotopic (exact) mass is 413 g/mol. The van der Waals surface area contributed by atoms with E-state index in [9.17, 15) is 4.79 Å². The fraction of sp³-hybridized carbons (Fsp3) is 0.458. The minimum absolute atomic E-state index is 0.0603. The van der Waals surface area contributed by atoms with Crippen LogP contribution in [0.5, 0.6) is 11.5 Å². The van der Waals surface area contributed by atoms with Crippen LogP contribution in [0.4, 0.5) is 5.69 Å². The number of amides is 1. The molecule has 3 N–H and O–H groups in total. The van der Waals surface area contributed by atoms with Gasteiger partial charge in [-0.05, 0) is 56.2 Å². The number of ether oxygens (including phenoxy) is 2. The summed E-state index contributed by atoms with van der Waals surface area (Å²) in [4.78, 5) is 15.6. The lowest BCUT2D eigenvalue weighted by Gasteiger charge is -2.33. The van der Waals surface area contributed by atoms with Gasteiger partial charge in [0.2, 0.25) is 0 Å². The Labute approximate surface area is 179 Å². The minimum Gasteiger partial charge on any atom is -0.493 e. The van der Waals surface area contributed by atoms with E-state index in [0.29, 0.717) is 0 Å². The van der Waals surface area contributed by atoms with Crippen LogP contribution in [0.2, 0.25) is 0 Å². The quantitative estimate of drug-likeness (QED) is 0.624. The Bertz CT molecular complexity index is 876. The van der Waals surface area contributed by atoms with Gasteiger partial charge in [0.15, 0.2) is 17.5 Å². The first kappa shape index (κ1) is 22.1. The first-order chi connectivity index (χ1) is 14.4. The van der Waals surface area contributed by atoms with E-state index >= 15 is 0 Å². The lowest BCUT2D eigenvalue weighted by Crippen LogP contribution is -3.29. The first-order valence-electron chi connectivity index (χ1n) is 10.7. The van der Waals surface area contributed by atoms with E-state index in [4.69, 9.17) is 9.47 Å². The Morgan fingerprint density at radius 3 is 2.33 bits per heavy atom. The molecule has 3 rings (SSSR count). The van der Waals surface area contributed by atoms with Crippen molar-refractivity contribution in [3.8, 4) is 11.5 Å². The highest BCUT2D eigenvalue weighted by Crippen LogP contribution is 2.29. The number of hydrogen-bond acceptors (Lipinski definition) is 3. The van der Waals surface area contributed by atoms with Crippen molar-refractivity contribution < 1.29 is 24.1 Å². The minimum atomic E-state index is -0.0603. The highest BCUT2D eigenvalue weighted by molar-refractivity contribution is 5.93. The molecule has 0 radical (unpaired) electrons. The summed E-state index contributed by atoms with van der Waals surface area (Å²) in [5.74, 6) is 1.65. The van der Waals surface area contributed by atoms with Gasteiger partial charge in [0.25, 0.3) is 5.91 Å². The van der Waals surface area contributed by atoms with Crippen LogP contribution in [-0.2, 0) is 11.3 Å². The molecule has 6 heteroatoms. The Kier molecular flexibility index (Phi) is 7.34. The smallest absolute Gasteiger partial charge is 0.282 e. The van der Waals surface area contributed by atoms with E-state index in [-0.39, 0.29) is 11.9 Å². The van der Waals surface area contributed by atoms with Crippen LogP contribution in [0.3, 0.4) is 0 Å². The van der Waals surface area contributed by atoms with E-state index in [2.05, 4.69) is 18.3 Å². The van der Waals surface area contributed by atoms with Crippen LogP contribution in [0.15, 0.2) is 36.4 Å². The molecule has 1 fully saturated rings. The molecule has 0 saturated carbocycles. The first-order valence-corrected chi connectivity index (χ1v) is 10.7. The summed E-state index contributed by atoms with van der Waals surface area (Å²) >= 11 is 0. The number of methoxy groups -OCH3 is 2. The average molecular weight is 414 g/mol. The number of nitrogens with one attached hydrogen (secondary N) is 3. The third-order valence-corrected chi connectivity index (χ3v) is 6.17. The van der Waals surface area contributed by atoms with Crippen molar-refractivity contribution in [2.45, 2.75) is 33.4 Å². The van der Waals surface area contributed by atoms with Crippen LogP contribution >= 0.6 is 0 Å². The molecule has 1 amide bonds. The van der Waals surface area contributed by atoms with Gasteiger partial charge in [-0.3, -0.25) is 4.79 Å². The zero-order valence-corrected chi connectivity index (χ0v) is 18.8. The molecule has 162 valence electrons. The van der Waals surface area contributed by atoms with Gasteiger partial charge in [-0.1, -0.05) is 12.1 Å². The fourth-order valence-corrected chi connectivity index (χ4v) is 4.18. The summed E-state index contributed by atoms with van der Waals surface area (Å²) in [6.45, 7) is 11.2. The van der Waals surface area contributed by atoms with Crippen molar-refractivity contribution in [2.75, 3.05) is 45.7 Å². The average Bonchev–Trinajstić information content (AvgIpc) is 2.74. The van der Waals surface area contributed by atoms with Crippen LogP contribution in [0.25, 0.3) is 0 Å². The van der Waals surface area contributed by atoms with E-state index in [1.165, 1.54) is 16.0 Å². The summed E-state index contributed by atoms with van der Waals surface area (Å²) in [5, 5.41) is 3.07. The normalized spacial score (nSPS) is 19.8. The predicted molar refractivity (Wildman–Crippen MR) is 119 cm³/mol. The highest BCUT2D eigenvalue weighted by Gasteiger charge is 2.31. The number of carbonyl (C=O) groups excluding carboxylic acids is 1. The molecule has 1 atom stereocenters. The lowest BCUT2D eigenvalue weighted by molar-refractivity contribution is -1.02. The van der Waals surface area contributed by atoms with Crippen molar-refractivity contribution in [1.82, 2.24) is 0 Å². The second-order valence-electron chi connectivity index (χ2n) is 8.30. The van der Waals surface area contributed by atoms with Gasteiger partial charge >= 0.3 is 0 Å². The summed E-state index contributed by atoms with van der Waals surface area (Å²) in [6, 6.07) is 12.0. The maximum absolute atomic E-state index is 12.7. The molecular weight excluding hydrogens is 378 g/mol. The van der Waals surface area contributed by atoms with Gasteiger partial charge in [0.05, 0.1) is 14.2 Å². The molecule has 30 heavy (non-hydrogen) atoms. The second kappa shape index (κ2) is 9.96. The number of quaternary nitrogens is 2. The molecule has 1 saturated heterocycles. The largest absolute Gasteiger partial charge is 0.493 e. The summed E-state index contributed by atoms with van der Waals surface area (Å²) in [5.41, 5.74) is 4.53. The van der Waals surface area contributed by atoms with Gasteiger partial charge in [0.1, 0.15) is 32.7 Å². The molecule has 1 aliphatic heterocycles. The SMILES string of the molecule is COc1cc(C)c(C[NH+]2CC[NH+]([C@H](C)C(=O)Nc3cccc(C)c3)CC2)cc1OC. The number of hydrogen-bond donors (Lipinski definition) is 3. The summed E-state index contributed by atoms with van der Waals surface area (Å²) in [7, 11) is 3.34. The molecule has 1 heterocycles. The number of piperazine rings is 1. The number of carbonyl (C=O) groups is 1. The topological polar surface area (TPSA) is 56.4 Å².